The van der Waals surface area contributed by atoms with Gasteiger partial charge in [-0.2, -0.15) is 5.26 Å². The van der Waals surface area contributed by atoms with Crippen LogP contribution in [0.2, 0.25) is 0 Å². The largest absolute Gasteiger partial charge is 0.396 e. The van der Waals surface area contributed by atoms with Crippen LogP contribution in [0, 0.1) is 11.3 Å². The van der Waals surface area contributed by atoms with Crippen molar-refractivity contribution in [2.45, 2.75) is 25.8 Å². The minimum Gasteiger partial charge on any atom is -0.396 e. The first-order valence-electron chi connectivity index (χ1n) is 5.67. The van der Waals surface area contributed by atoms with Crippen molar-refractivity contribution in [2.24, 2.45) is 0 Å². The molecule has 0 aliphatic heterocycles. The van der Waals surface area contributed by atoms with Gasteiger partial charge in [-0.1, -0.05) is 12.1 Å². The second-order valence-electron chi connectivity index (χ2n) is 3.77. The zero-order chi connectivity index (χ0) is 11.6. The van der Waals surface area contributed by atoms with Crippen molar-refractivity contribution in [1.82, 2.24) is 5.32 Å². The lowest BCUT2D eigenvalue weighted by molar-refractivity contribution is 0.283. The number of nitrogens with one attached hydrogen (secondary N) is 1. The van der Waals surface area contributed by atoms with Crippen LogP contribution in [-0.4, -0.2) is 18.3 Å². The minimum atomic E-state index is 0.287. The molecule has 0 saturated carbocycles. The topological polar surface area (TPSA) is 56.0 Å². The number of aliphatic hydroxyl groups excluding tert-OH is 1. The highest BCUT2D eigenvalue weighted by atomic mass is 16.2. The molecular formula is C13H18N2O. The van der Waals surface area contributed by atoms with Gasteiger partial charge in [0.2, 0.25) is 0 Å². The zero-order valence-corrected chi connectivity index (χ0v) is 9.45. The summed E-state index contributed by atoms with van der Waals surface area (Å²) in [5.74, 6) is 0. The smallest absolute Gasteiger partial charge is 0.0991 e. The van der Waals surface area contributed by atoms with E-state index in [4.69, 9.17) is 10.4 Å². The molecule has 1 aromatic rings. The summed E-state index contributed by atoms with van der Waals surface area (Å²) in [5, 5.41) is 20.6. The van der Waals surface area contributed by atoms with E-state index in [0.29, 0.717) is 5.56 Å². The number of nitrogens with zero attached hydrogens (tertiary/aromatic N) is 1. The monoisotopic (exact) mass is 218 g/mol. The van der Waals surface area contributed by atoms with Crippen molar-refractivity contribution >= 4 is 0 Å². The Bertz CT molecular complexity index is 327. The third kappa shape index (κ3) is 4.92. The predicted molar refractivity (Wildman–Crippen MR) is 63.8 cm³/mol. The van der Waals surface area contributed by atoms with Gasteiger partial charge in [0.25, 0.3) is 0 Å². The maximum atomic E-state index is 8.64. The minimum absolute atomic E-state index is 0.287. The van der Waals surface area contributed by atoms with E-state index in [-0.39, 0.29) is 6.61 Å². The summed E-state index contributed by atoms with van der Waals surface area (Å²) in [4.78, 5) is 0. The first-order chi connectivity index (χ1) is 7.86. The molecule has 3 nitrogen and oxygen atoms in total. The van der Waals surface area contributed by atoms with E-state index in [2.05, 4.69) is 11.4 Å². The maximum Gasteiger partial charge on any atom is 0.0991 e. The van der Waals surface area contributed by atoms with Gasteiger partial charge in [0, 0.05) is 13.2 Å². The molecule has 0 fully saturated rings. The van der Waals surface area contributed by atoms with Gasteiger partial charge in [0.1, 0.15) is 0 Å². The van der Waals surface area contributed by atoms with Gasteiger partial charge in [-0.25, -0.2) is 0 Å². The number of hydrogen-bond donors (Lipinski definition) is 2. The molecule has 0 aromatic heterocycles. The average molecular weight is 218 g/mol. The van der Waals surface area contributed by atoms with Gasteiger partial charge in [-0.15, -0.1) is 0 Å². The fourth-order valence-corrected chi connectivity index (χ4v) is 1.47. The van der Waals surface area contributed by atoms with Crippen molar-refractivity contribution in [3.05, 3.63) is 35.4 Å². The molecule has 0 bridgehead atoms. The summed E-state index contributed by atoms with van der Waals surface area (Å²) in [5.41, 5.74) is 1.90. The molecule has 0 saturated heterocycles. The summed E-state index contributed by atoms with van der Waals surface area (Å²) in [6.07, 6.45) is 3.05. The van der Waals surface area contributed by atoms with Crippen LogP contribution >= 0.6 is 0 Å². The van der Waals surface area contributed by atoms with Crippen molar-refractivity contribution in [3.63, 3.8) is 0 Å². The first kappa shape index (κ1) is 12.7. The van der Waals surface area contributed by atoms with E-state index >= 15 is 0 Å². The second-order valence-corrected chi connectivity index (χ2v) is 3.77. The lowest BCUT2D eigenvalue weighted by atomic mass is 10.1. The van der Waals surface area contributed by atoms with Gasteiger partial charge >= 0.3 is 0 Å². The Kier molecular flexibility index (Phi) is 6.24. The molecule has 0 heterocycles. The molecule has 3 heteroatoms. The highest BCUT2D eigenvalue weighted by molar-refractivity contribution is 5.31. The quantitative estimate of drug-likeness (QED) is 0.686. The van der Waals surface area contributed by atoms with E-state index in [9.17, 15) is 0 Å². The molecule has 0 aliphatic rings. The fourth-order valence-electron chi connectivity index (χ4n) is 1.47. The fraction of sp³-hybridized carbons (Fsp3) is 0.462. The Morgan fingerprint density at radius 3 is 2.50 bits per heavy atom. The van der Waals surface area contributed by atoms with Crippen LogP contribution in [0.3, 0.4) is 0 Å². The van der Waals surface area contributed by atoms with Gasteiger partial charge < -0.3 is 10.4 Å². The predicted octanol–water partition coefficient (Wildman–Crippen LogP) is 1.81. The Morgan fingerprint density at radius 2 is 1.88 bits per heavy atom. The molecule has 0 spiro atoms. The third-order valence-electron chi connectivity index (χ3n) is 2.42. The summed E-state index contributed by atoms with van der Waals surface area (Å²) in [6.45, 7) is 2.10. The maximum absolute atomic E-state index is 8.64. The molecule has 1 rings (SSSR count). The number of nitriles is 1. The van der Waals surface area contributed by atoms with Crippen LogP contribution in [0.15, 0.2) is 24.3 Å². The number of benzene rings is 1. The van der Waals surface area contributed by atoms with E-state index in [0.717, 1.165) is 32.4 Å². The summed E-state index contributed by atoms with van der Waals surface area (Å²) < 4.78 is 0. The van der Waals surface area contributed by atoms with Crippen LogP contribution in [-0.2, 0) is 6.54 Å². The number of aliphatic hydroxyl groups is 1. The van der Waals surface area contributed by atoms with Crippen molar-refractivity contribution in [2.75, 3.05) is 13.2 Å². The third-order valence-corrected chi connectivity index (χ3v) is 2.42. The lowest BCUT2D eigenvalue weighted by Gasteiger charge is -2.04. The average Bonchev–Trinajstić information content (AvgIpc) is 2.34. The van der Waals surface area contributed by atoms with Crippen molar-refractivity contribution < 1.29 is 5.11 Å². The van der Waals surface area contributed by atoms with Crippen LogP contribution in [0.25, 0.3) is 0 Å². The van der Waals surface area contributed by atoms with E-state index in [1.165, 1.54) is 5.56 Å². The molecule has 86 valence electrons. The van der Waals surface area contributed by atoms with Crippen LogP contribution in [0.5, 0.6) is 0 Å². The molecule has 0 aliphatic carbocycles. The first-order valence-corrected chi connectivity index (χ1v) is 5.67. The highest BCUT2D eigenvalue weighted by Crippen LogP contribution is 2.02. The molecule has 0 radical (unpaired) electrons. The summed E-state index contributed by atoms with van der Waals surface area (Å²) in [6, 6.07) is 9.72. The Hall–Kier alpha value is -1.37. The molecule has 16 heavy (non-hydrogen) atoms. The van der Waals surface area contributed by atoms with E-state index < -0.39 is 0 Å². The van der Waals surface area contributed by atoms with Gasteiger partial charge in [0.15, 0.2) is 0 Å². The lowest BCUT2D eigenvalue weighted by Crippen LogP contribution is -2.14. The van der Waals surface area contributed by atoms with Crippen LogP contribution < -0.4 is 5.32 Å². The number of hydrogen-bond acceptors (Lipinski definition) is 3. The van der Waals surface area contributed by atoms with Gasteiger partial charge in [-0.05, 0) is 43.5 Å². The standard InChI is InChI=1S/C13H18N2O/c14-10-12-4-6-13(7-5-12)11-15-8-2-1-3-9-16/h4-7,15-16H,1-3,8-9,11H2. The molecule has 2 N–H and O–H groups in total. The Labute approximate surface area is 96.7 Å². The zero-order valence-electron chi connectivity index (χ0n) is 9.45. The van der Waals surface area contributed by atoms with Crippen LogP contribution in [0.1, 0.15) is 30.4 Å². The van der Waals surface area contributed by atoms with Crippen molar-refractivity contribution in [1.29, 1.82) is 5.26 Å². The SMILES string of the molecule is N#Cc1ccc(CNCCCCCO)cc1. The molecule has 0 amide bonds. The highest BCUT2D eigenvalue weighted by Gasteiger charge is 1.93. The molecule has 0 unspecified atom stereocenters. The van der Waals surface area contributed by atoms with E-state index in [1.54, 1.807) is 0 Å². The van der Waals surface area contributed by atoms with Crippen molar-refractivity contribution in [3.8, 4) is 6.07 Å². The van der Waals surface area contributed by atoms with Gasteiger partial charge in [-0.3, -0.25) is 0 Å². The normalized spacial score (nSPS) is 10.0. The number of unbranched alkanes of at least 4 members (excludes halogenated alkanes) is 2. The Morgan fingerprint density at radius 1 is 1.12 bits per heavy atom. The Balaban J connectivity index is 2.15. The molecule has 0 atom stereocenters. The number of rotatable bonds is 7. The van der Waals surface area contributed by atoms with Gasteiger partial charge in [0.05, 0.1) is 11.6 Å². The second kappa shape index (κ2) is 7.86. The summed E-state index contributed by atoms with van der Waals surface area (Å²) in [7, 11) is 0. The summed E-state index contributed by atoms with van der Waals surface area (Å²) >= 11 is 0. The van der Waals surface area contributed by atoms with E-state index in [1.807, 2.05) is 24.3 Å². The molecular weight excluding hydrogens is 200 g/mol. The molecule has 1 aromatic carbocycles. The van der Waals surface area contributed by atoms with Crippen LogP contribution in [0.4, 0.5) is 0 Å².